The van der Waals surface area contributed by atoms with Crippen LogP contribution in [0.15, 0.2) is 0 Å². The molecule has 0 radical (unpaired) electrons. The van der Waals surface area contributed by atoms with Gasteiger partial charge in [0.2, 0.25) is 0 Å². The normalized spacial score (nSPS) is 10.1. The fourth-order valence-corrected chi connectivity index (χ4v) is 1.50. The lowest BCUT2D eigenvalue weighted by atomic mass is 10.0. The van der Waals surface area contributed by atoms with Gasteiger partial charge in [0.1, 0.15) is 0 Å². The summed E-state index contributed by atoms with van der Waals surface area (Å²) in [7, 11) is 0. The molecular weight excluding hydrogens is 252 g/mol. The Morgan fingerprint density at radius 1 is 0.842 bits per heavy atom. The summed E-state index contributed by atoms with van der Waals surface area (Å²) in [5.41, 5.74) is 0. The SMILES string of the molecule is CCOC(=O)CCCC(C(=O)OCC)C(=O)OCC. The highest BCUT2D eigenvalue weighted by molar-refractivity contribution is 5.94. The van der Waals surface area contributed by atoms with Crippen molar-refractivity contribution in [1.29, 1.82) is 0 Å². The highest BCUT2D eigenvalue weighted by Gasteiger charge is 2.29. The monoisotopic (exact) mass is 274 g/mol. The van der Waals surface area contributed by atoms with Gasteiger partial charge >= 0.3 is 17.9 Å². The van der Waals surface area contributed by atoms with E-state index in [1.165, 1.54) is 0 Å². The molecule has 0 aliphatic heterocycles. The van der Waals surface area contributed by atoms with Crippen LogP contribution in [-0.4, -0.2) is 37.7 Å². The number of rotatable bonds is 9. The molecule has 0 aromatic heterocycles. The van der Waals surface area contributed by atoms with Crippen LogP contribution in [0.25, 0.3) is 0 Å². The van der Waals surface area contributed by atoms with Crippen LogP contribution in [0.5, 0.6) is 0 Å². The highest BCUT2D eigenvalue weighted by Crippen LogP contribution is 2.13. The van der Waals surface area contributed by atoms with E-state index in [0.29, 0.717) is 13.0 Å². The number of ether oxygens (including phenoxy) is 3. The zero-order valence-electron chi connectivity index (χ0n) is 11.8. The number of esters is 3. The molecule has 0 fully saturated rings. The summed E-state index contributed by atoms with van der Waals surface area (Å²) in [6.45, 7) is 5.77. The fraction of sp³-hybridized carbons (Fsp3) is 0.769. The lowest BCUT2D eigenvalue weighted by Gasteiger charge is -2.13. The molecule has 0 unspecified atom stereocenters. The zero-order valence-corrected chi connectivity index (χ0v) is 11.8. The van der Waals surface area contributed by atoms with Crippen molar-refractivity contribution < 1.29 is 28.6 Å². The largest absolute Gasteiger partial charge is 0.466 e. The minimum atomic E-state index is -0.964. The number of carbonyl (C=O) groups excluding carboxylic acids is 3. The van der Waals surface area contributed by atoms with Crippen molar-refractivity contribution in [3.63, 3.8) is 0 Å². The Morgan fingerprint density at radius 3 is 1.74 bits per heavy atom. The minimum Gasteiger partial charge on any atom is -0.466 e. The maximum Gasteiger partial charge on any atom is 0.320 e. The second kappa shape index (κ2) is 10.3. The molecule has 0 rings (SSSR count). The van der Waals surface area contributed by atoms with Gasteiger partial charge in [-0.15, -0.1) is 0 Å². The van der Waals surface area contributed by atoms with Gasteiger partial charge in [0, 0.05) is 6.42 Å². The molecule has 0 atom stereocenters. The first kappa shape index (κ1) is 17.4. The third-order valence-electron chi connectivity index (χ3n) is 2.32. The standard InChI is InChI=1S/C13H22O6/c1-4-17-11(14)9-7-8-10(12(15)18-5-2)13(16)19-6-3/h10H,4-9H2,1-3H3. The summed E-state index contributed by atoms with van der Waals surface area (Å²) in [5, 5.41) is 0. The Labute approximate surface area is 113 Å². The maximum atomic E-state index is 11.6. The van der Waals surface area contributed by atoms with Gasteiger partial charge in [-0.05, 0) is 33.6 Å². The number of hydrogen-bond donors (Lipinski definition) is 0. The van der Waals surface area contributed by atoms with Crippen LogP contribution in [0.2, 0.25) is 0 Å². The summed E-state index contributed by atoms with van der Waals surface area (Å²) in [6, 6.07) is 0. The Morgan fingerprint density at radius 2 is 1.32 bits per heavy atom. The number of carbonyl (C=O) groups is 3. The third-order valence-corrected chi connectivity index (χ3v) is 2.32. The smallest absolute Gasteiger partial charge is 0.320 e. The molecular formula is C13H22O6. The molecule has 0 aliphatic rings. The second-order valence-electron chi connectivity index (χ2n) is 3.75. The average molecular weight is 274 g/mol. The van der Waals surface area contributed by atoms with Gasteiger partial charge in [-0.1, -0.05) is 0 Å². The van der Waals surface area contributed by atoms with Gasteiger partial charge in [0.05, 0.1) is 19.8 Å². The van der Waals surface area contributed by atoms with Crippen LogP contribution in [-0.2, 0) is 28.6 Å². The molecule has 0 aliphatic carbocycles. The first-order valence-electron chi connectivity index (χ1n) is 6.55. The molecule has 19 heavy (non-hydrogen) atoms. The Kier molecular flexibility index (Phi) is 9.48. The van der Waals surface area contributed by atoms with Crippen LogP contribution in [0, 0.1) is 5.92 Å². The third kappa shape index (κ3) is 7.43. The molecule has 0 heterocycles. The van der Waals surface area contributed by atoms with E-state index < -0.39 is 17.9 Å². The van der Waals surface area contributed by atoms with Crippen molar-refractivity contribution in [2.45, 2.75) is 40.0 Å². The lowest BCUT2D eigenvalue weighted by molar-refractivity contribution is -0.162. The summed E-state index contributed by atoms with van der Waals surface area (Å²) < 4.78 is 14.4. The van der Waals surface area contributed by atoms with Crippen LogP contribution in [0.4, 0.5) is 0 Å². The number of hydrogen-bond acceptors (Lipinski definition) is 6. The predicted octanol–water partition coefficient (Wildman–Crippen LogP) is 1.46. The van der Waals surface area contributed by atoms with E-state index in [1.807, 2.05) is 0 Å². The summed E-state index contributed by atoms with van der Waals surface area (Å²) >= 11 is 0. The first-order chi connectivity index (χ1) is 9.06. The van der Waals surface area contributed by atoms with Crippen LogP contribution in [0.3, 0.4) is 0 Å². The summed E-state index contributed by atoms with van der Waals surface area (Å²) in [4.78, 5) is 34.4. The predicted molar refractivity (Wildman–Crippen MR) is 67.2 cm³/mol. The quantitative estimate of drug-likeness (QED) is 0.360. The van der Waals surface area contributed by atoms with Crippen LogP contribution < -0.4 is 0 Å². The van der Waals surface area contributed by atoms with Crippen LogP contribution in [0.1, 0.15) is 40.0 Å². The van der Waals surface area contributed by atoms with Crippen molar-refractivity contribution in [2.24, 2.45) is 5.92 Å². The van der Waals surface area contributed by atoms with E-state index in [0.717, 1.165) is 0 Å². The minimum absolute atomic E-state index is 0.170. The van der Waals surface area contributed by atoms with Gasteiger partial charge in [0.25, 0.3) is 0 Å². The van der Waals surface area contributed by atoms with Crippen molar-refractivity contribution in [1.82, 2.24) is 0 Å². The van der Waals surface area contributed by atoms with Gasteiger partial charge in [-0.3, -0.25) is 14.4 Å². The molecule has 0 saturated heterocycles. The van der Waals surface area contributed by atoms with Gasteiger partial charge in [-0.2, -0.15) is 0 Å². The van der Waals surface area contributed by atoms with Crippen LogP contribution >= 0.6 is 0 Å². The van der Waals surface area contributed by atoms with E-state index in [2.05, 4.69) is 0 Å². The van der Waals surface area contributed by atoms with Crippen molar-refractivity contribution in [3.8, 4) is 0 Å². The summed E-state index contributed by atoms with van der Waals surface area (Å²) in [5.74, 6) is -2.52. The van der Waals surface area contributed by atoms with Crippen molar-refractivity contribution >= 4 is 17.9 Å². The Hall–Kier alpha value is -1.59. The molecule has 0 spiro atoms. The van der Waals surface area contributed by atoms with E-state index >= 15 is 0 Å². The molecule has 6 nitrogen and oxygen atoms in total. The Bertz CT molecular complexity index is 282. The van der Waals surface area contributed by atoms with E-state index in [1.54, 1.807) is 20.8 Å². The topological polar surface area (TPSA) is 78.9 Å². The molecule has 0 amide bonds. The highest BCUT2D eigenvalue weighted by atomic mass is 16.6. The van der Waals surface area contributed by atoms with E-state index in [9.17, 15) is 14.4 Å². The Balaban J connectivity index is 4.30. The molecule has 0 aromatic carbocycles. The first-order valence-corrected chi connectivity index (χ1v) is 6.55. The van der Waals surface area contributed by atoms with E-state index in [4.69, 9.17) is 14.2 Å². The van der Waals surface area contributed by atoms with Gasteiger partial charge < -0.3 is 14.2 Å². The molecule has 0 N–H and O–H groups in total. The zero-order chi connectivity index (χ0) is 14.7. The molecule has 0 saturated carbocycles. The fourth-order valence-electron chi connectivity index (χ4n) is 1.50. The molecule has 0 bridgehead atoms. The van der Waals surface area contributed by atoms with Crippen molar-refractivity contribution in [2.75, 3.05) is 19.8 Å². The lowest BCUT2D eigenvalue weighted by Crippen LogP contribution is -2.28. The molecule has 0 aromatic rings. The van der Waals surface area contributed by atoms with Gasteiger partial charge in [-0.25, -0.2) is 0 Å². The summed E-state index contributed by atoms with van der Waals surface area (Å²) in [6.07, 6.45) is 0.765. The maximum absolute atomic E-state index is 11.6. The molecule has 6 heteroatoms. The van der Waals surface area contributed by atoms with Crippen molar-refractivity contribution in [3.05, 3.63) is 0 Å². The van der Waals surface area contributed by atoms with E-state index in [-0.39, 0.29) is 32.0 Å². The second-order valence-corrected chi connectivity index (χ2v) is 3.75. The average Bonchev–Trinajstić information content (AvgIpc) is 2.35. The molecule has 110 valence electrons. The van der Waals surface area contributed by atoms with Gasteiger partial charge in [0.15, 0.2) is 5.92 Å².